The second-order valence-corrected chi connectivity index (χ2v) is 6.58. The van der Waals surface area contributed by atoms with Gasteiger partial charge < -0.3 is 19.4 Å². The van der Waals surface area contributed by atoms with Gasteiger partial charge in [-0.1, -0.05) is 0 Å². The molecule has 7 nitrogen and oxygen atoms in total. The van der Waals surface area contributed by atoms with Gasteiger partial charge in [0.15, 0.2) is 0 Å². The van der Waals surface area contributed by atoms with Crippen molar-refractivity contribution in [3.05, 3.63) is 27.9 Å². The number of H-pyrrole nitrogens is 1. The molecular weight excluding hydrogens is 298 g/mol. The molecule has 3 aliphatic rings. The van der Waals surface area contributed by atoms with Crippen molar-refractivity contribution in [3.63, 3.8) is 0 Å². The van der Waals surface area contributed by atoms with E-state index in [1.165, 1.54) is 6.07 Å². The minimum Gasteiger partial charge on any atom is -0.376 e. The van der Waals surface area contributed by atoms with E-state index in [9.17, 15) is 9.59 Å². The molecule has 0 unspecified atom stereocenters. The third-order valence-corrected chi connectivity index (χ3v) is 4.66. The van der Waals surface area contributed by atoms with E-state index < -0.39 is 0 Å². The molecule has 0 atom stereocenters. The maximum Gasteiger partial charge on any atom is 0.272 e. The van der Waals surface area contributed by atoms with Crippen molar-refractivity contribution in [1.29, 1.82) is 0 Å². The first-order chi connectivity index (χ1) is 11.2. The Morgan fingerprint density at radius 3 is 2.57 bits per heavy atom. The molecule has 1 N–H and O–H groups in total. The van der Waals surface area contributed by atoms with Crippen LogP contribution in [0.2, 0.25) is 0 Å². The summed E-state index contributed by atoms with van der Waals surface area (Å²) in [5.74, 6) is 0.826. The molecule has 124 valence electrons. The molecule has 3 fully saturated rings. The van der Waals surface area contributed by atoms with Crippen molar-refractivity contribution in [1.82, 2.24) is 14.9 Å². The number of likely N-dealkylation sites (tertiary alicyclic amines) is 1. The van der Waals surface area contributed by atoms with Crippen LogP contribution in [0.1, 0.15) is 47.9 Å². The van der Waals surface area contributed by atoms with Gasteiger partial charge in [-0.2, -0.15) is 0 Å². The monoisotopic (exact) mass is 319 g/mol. The van der Waals surface area contributed by atoms with E-state index in [1.54, 1.807) is 4.90 Å². The summed E-state index contributed by atoms with van der Waals surface area (Å²) in [5.41, 5.74) is 0.0239. The van der Waals surface area contributed by atoms with E-state index in [2.05, 4.69) is 9.97 Å². The van der Waals surface area contributed by atoms with Crippen LogP contribution in [-0.4, -0.2) is 59.3 Å². The van der Waals surface area contributed by atoms with Crippen molar-refractivity contribution in [3.8, 4) is 0 Å². The van der Waals surface area contributed by atoms with Crippen LogP contribution in [0.5, 0.6) is 0 Å². The lowest BCUT2D eigenvalue weighted by Gasteiger charge is -2.36. The first-order valence-corrected chi connectivity index (χ1v) is 8.33. The Balaban J connectivity index is 1.38. The summed E-state index contributed by atoms with van der Waals surface area (Å²) in [6.07, 6.45) is 4.13. The number of piperidine rings is 1. The standard InChI is InChI=1S/C16H21N3O4/c20-14-7-13(17-15(18-14)10-1-2-10)16(21)19-5-3-11(4-6-19)23-12-8-22-9-12/h7,10-12H,1-6,8-9H2,(H,17,18,20). The average Bonchev–Trinajstić information content (AvgIpc) is 3.35. The summed E-state index contributed by atoms with van der Waals surface area (Å²) in [6, 6.07) is 1.31. The first-order valence-electron chi connectivity index (χ1n) is 8.33. The lowest BCUT2D eigenvalue weighted by atomic mass is 10.1. The quantitative estimate of drug-likeness (QED) is 0.881. The van der Waals surface area contributed by atoms with Gasteiger partial charge in [0, 0.05) is 25.1 Å². The molecule has 2 aliphatic heterocycles. The van der Waals surface area contributed by atoms with Crippen LogP contribution in [0.3, 0.4) is 0 Å². The minimum absolute atomic E-state index is 0.150. The van der Waals surface area contributed by atoms with Crippen molar-refractivity contribution < 1.29 is 14.3 Å². The Morgan fingerprint density at radius 2 is 1.96 bits per heavy atom. The number of aromatic nitrogens is 2. The van der Waals surface area contributed by atoms with Crippen molar-refractivity contribution in [2.24, 2.45) is 0 Å². The number of hydrogen-bond donors (Lipinski definition) is 1. The van der Waals surface area contributed by atoms with Crippen LogP contribution in [0, 0.1) is 0 Å². The van der Waals surface area contributed by atoms with Gasteiger partial charge in [0.05, 0.1) is 19.3 Å². The number of rotatable bonds is 4. The van der Waals surface area contributed by atoms with Gasteiger partial charge in [-0.05, 0) is 25.7 Å². The van der Waals surface area contributed by atoms with Crippen LogP contribution in [0.15, 0.2) is 10.9 Å². The summed E-state index contributed by atoms with van der Waals surface area (Å²) in [4.78, 5) is 33.2. The maximum absolute atomic E-state index is 12.6. The van der Waals surface area contributed by atoms with Gasteiger partial charge in [-0.25, -0.2) is 4.98 Å². The number of nitrogens with one attached hydrogen (secondary N) is 1. The van der Waals surface area contributed by atoms with E-state index in [4.69, 9.17) is 9.47 Å². The Morgan fingerprint density at radius 1 is 1.22 bits per heavy atom. The van der Waals surface area contributed by atoms with E-state index in [-0.39, 0.29) is 29.4 Å². The van der Waals surface area contributed by atoms with Crippen molar-refractivity contribution in [2.45, 2.75) is 43.8 Å². The van der Waals surface area contributed by atoms with Gasteiger partial charge in [0.1, 0.15) is 17.6 Å². The fraction of sp³-hybridized carbons (Fsp3) is 0.688. The highest BCUT2D eigenvalue weighted by Crippen LogP contribution is 2.37. The number of carbonyl (C=O) groups is 1. The summed E-state index contributed by atoms with van der Waals surface area (Å²) >= 11 is 0. The molecule has 4 rings (SSSR count). The van der Waals surface area contributed by atoms with Gasteiger partial charge in [0.2, 0.25) is 0 Å². The highest BCUT2D eigenvalue weighted by atomic mass is 16.6. The molecule has 1 amide bonds. The minimum atomic E-state index is -0.242. The van der Waals surface area contributed by atoms with Gasteiger partial charge >= 0.3 is 0 Å². The largest absolute Gasteiger partial charge is 0.376 e. The predicted molar refractivity (Wildman–Crippen MR) is 81.5 cm³/mol. The highest BCUT2D eigenvalue weighted by Gasteiger charge is 2.31. The molecular formula is C16H21N3O4. The lowest BCUT2D eigenvalue weighted by Crippen LogP contribution is -2.45. The van der Waals surface area contributed by atoms with Crippen LogP contribution in [-0.2, 0) is 9.47 Å². The Bertz CT molecular complexity index is 643. The molecule has 1 saturated carbocycles. The molecule has 0 radical (unpaired) electrons. The number of aromatic amines is 1. The van der Waals surface area contributed by atoms with Crippen molar-refractivity contribution in [2.75, 3.05) is 26.3 Å². The number of hydrogen-bond acceptors (Lipinski definition) is 5. The zero-order chi connectivity index (χ0) is 15.8. The third kappa shape index (κ3) is 3.30. The van der Waals surface area contributed by atoms with Crippen LogP contribution >= 0.6 is 0 Å². The summed E-state index contributed by atoms with van der Waals surface area (Å²) < 4.78 is 11.0. The smallest absolute Gasteiger partial charge is 0.272 e. The fourth-order valence-corrected chi connectivity index (χ4v) is 3.06. The number of amides is 1. The molecule has 1 aliphatic carbocycles. The SMILES string of the molecule is O=C(c1cc(=O)[nH]c(C2CC2)n1)N1CCC(OC2COC2)CC1. The highest BCUT2D eigenvalue weighted by molar-refractivity contribution is 5.92. The van der Waals surface area contributed by atoms with Gasteiger partial charge in [-0.15, -0.1) is 0 Å². The number of nitrogens with zero attached hydrogens (tertiary/aromatic N) is 2. The maximum atomic E-state index is 12.6. The molecule has 7 heteroatoms. The average molecular weight is 319 g/mol. The molecule has 2 saturated heterocycles. The topological polar surface area (TPSA) is 84.5 Å². The normalized spacial score (nSPS) is 22.9. The third-order valence-electron chi connectivity index (χ3n) is 4.66. The Hall–Kier alpha value is -1.73. The molecule has 23 heavy (non-hydrogen) atoms. The lowest BCUT2D eigenvalue weighted by molar-refractivity contribution is -0.161. The van der Waals surface area contributed by atoms with Crippen LogP contribution < -0.4 is 5.56 Å². The van der Waals surface area contributed by atoms with Gasteiger partial charge in [-0.3, -0.25) is 9.59 Å². The molecule has 1 aromatic heterocycles. The Kier molecular flexibility index (Phi) is 3.90. The zero-order valence-corrected chi connectivity index (χ0v) is 13.0. The van der Waals surface area contributed by atoms with Crippen molar-refractivity contribution >= 4 is 5.91 Å². The van der Waals surface area contributed by atoms with E-state index >= 15 is 0 Å². The Labute approximate surface area is 134 Å². The summed E-state index contributed by atoms with van der Waals surface area (Å²) in [5, 5.41) is 0. The van der Waals surface area contributed by atoms with E-state index in [1.807, 2.05) is 0 Å². The van der Waals surface area contributed by atoms with Gasteiger partial charge in [0.25, 0.3) is 11.5 Å². The summed E-state index contributed by atoms with van der Waals surface area (Å²) in [7, 11) is 0. The fourth-order valence-electron chi connectivity index (χ4n) is 3.06. The summed E-state index contributed by atoms with van der Waals surface area (Å²) in [6.45, 7) is 2.65. The zero-order valence-electron chi connectivity index (χ0n) is 13.0. The molecule has 0 aromatic carbocycles. The van der Waals surface area contributed by atoms with Crippen LogP contribution in [0.25, 0.3) is 0 Å². The van der Waals surface area contributed by atoms with E-state index in [0.717, 1.165) is 25.7 Å². The van der Waals surface area contributed by atoms with Crippen LogP contribution in [0.4, 0.5) is 0 Å². The second-order valence-electron chi connectivity index (χ2n) is 6.58. The second kappa shape index (κ2) is 6.05. The molecule has 0 bridgehead atoms. The molecule has 3 heterocycles. The first kappa shape index (κ1) is 14.8. The number of carbonyl (C=O) groups excluding carboxylic acids is 1. The number of ether oxygens (including phenoxy) is 2. The predicted octanol–water partition coefficient (Wildman–Crippen LogP) is 0.667. The molecule has 0 spiro atoms. The van der Waals surface area contributed by atoms with E-state index in [0.29, 0.717) is 38.0 Å². The molecule has 1 aromatic rings.